The predicted molar refractivity (Wildman–Crippen MR) is 112 cm³/mol. The van der Waals surface area contributed by atoms with Crippen molar-refractivity contribution in [3.8, 4) is 11.3 Å². The highest BCUT2D eigenvalue weighted by Gasteiger charge is 2.12. The van der Waals surface area contributed by atoms with Crippen molar-refractivity contribution >= 4 is 33.2 Å². The Bertz CT molecular complexity index is 1150. The van der Waals surface area contributed by atoms with Gasteiger partial charge < -0.3 is 0 Å². The molecule has 0 atom stereocenters. The largest absolute Gasteiger partial charge is 0.290 e. The van der Waals surface area contributed by atoms with Crippen molar-refractivity contribution < 1.29 is 0 Å². The van der Waals surface area contributed by atoms with Crippen LogP contribution in [0.15, 0.2) is 69.0 Å². The molecule has 0 amide bonds. The molecule has 0 radical (unpaired) electrons. The van der Waals surface area contributed by atoms with Crippen molar-refractivity contribution in [1.82, 2.24) is 19.8 Å². The number of fused-ring (bicyclic) bond motifs is 1. The highest BCUT2D eigenvalue weighted by Crippen LogP contribution is 2.25. The Morgan fingerprint density at radius 3 is 2.67 bits per heavy atom. The zero-order valence-electron chi connectivity index (χ0n) is 14.6. The number of nitrogens with zero attached hydrogens (tertiary/aromatic N) is 3. The van der Waals surface area contributed by atoms with E-state index in [0.29, 0.717) is 10.7 Å². The van der Waals surface area contributed by atoms with Crippen molar-refractivity contribution in [3.63, 3.8) is 0 Å². The van der Waals surface area contributed by atoms with Gasteiger partial charge in [-0.15, -0.1) is 5.10 Å². The van der Waals surface area contributed by atoms with Crippen molar-refractivity contribution in [3.05, 3.63) is 80.6 Å². The monoisotopic (exact) mass is 440 g/mol. The van der Waals surface area contributed by atoms with Crippen LogP contribution < -0.4 is 5.56 Å². The fourth-order valence-electron chi connectivity index (χ4n) is 2.81. The topological polar surface area (TPSA) is 63.0 Å². The van der Waals surface area contributed by atoms with Crippen LogP contribution in [0.1, 0.15) is 18.1 Å². The molecule has 0 aliphatic carbocycles. The van der Waals surface area contributed by atoms with Crippen LogP contribution in [-0.2, 0) is 12.2 Å². The van der Waals surface area contributed by atoms with E-state index in [-0.39, 0.29) is 5.56 Å². The second-order valence-corrected chi connectivity index (χ2v) is 7.99. The van der Waals surface area contributed by atoms with E-state index in [9.17, 15) is 4.79 Å². The number of halogens is 1. The van der Waals surface area contributed by atoms with Crippen LogP contribution in [-0.4, -0.2) is 19.8 Å². The molecule has 4 aromatic rings. The van der Waals surface area contributed by atoms with Crippen molar-refractivity contribution in [2.75, 3.05) is 0 Å². The minimum atomic E-state index is -0.245. The lowest BCUT2D eigenvalue weighted by molar-refractivity contribution is 0.728. The van der Waals surface area contributed by atoms with Gasteiger partial charge >= 0.3 is 0 Å². The van der Waals surface area contributed by atoms with Crippen LogP contribution in [0.25, 0.3) is 16.8 Å². The molecule has 0 saturated heterocycles. The van der Waals surface area contributed by atoms with E-state index in [1.165, 1.54) is 17.3 Å². The zero-order valence-corrected chi connectivity index (χ0v) is 17.0. The Balaban J connectivity index is 1.68. The summed E-state index contributed by atoms with van der Waals surface area (Å²) in [5, 5.41) is 12.1. The number of hydrogen-bond acceptors (Lipinski definition) is 4. The lowest BCUT2D eigenvalue weighted by Crippen LogP contribution is -2.13. The Hall–Kier alpha value is -2.38. The van der Waals surface area contributed by atoms with E-state index in [1.807, 2.05) is 30.3 Å². The fourth-order valence-corrected chi connectivity index (χ4v) is 4.11. The lowest BCUT2D eigenvalue weighted by Gasteiger charge is -2.03. The van der Waals surface area contributed by atoms with E-state index < -0.39 is 0 Å². The highest BCUT2D eigenvalue weighted by atomic mass is 79.9. The number of hydrogen-bond donors (Lipinski definition) is 1. The Kier molecular flexibility index (Phi) is 5.13. The molecule has 2 aromatic carbocycles. The van der Waals surface area contributed by atoms with Crippen LogP contribution in [0.4, 0.5) is 0 Å². The summed E-state index contributed by atoms with van der Waals surface area (Å²) in [5.41, 5.74) is 4.44. The van der Waals surface area contributed by atoms with E-state index in [2.05, 4.69) is 62.4 Å². The second-order valence-electron chi connectivity index (χ2n) is 6.13. The van der Waals surface area contributed by atoms with E-state index in [4.69, 9.17) is 0 Å². The van der Waals surface area contributed by atoms with Crippen LogP contribution in [0.5, 0.6) is 0 Å². The normalized spacial score (nSPS) is 11.2. The average Bonchev–Trinajstić information content (AvgIpc) is 3.14. The fraction of sp³-hybridized carbons (Fsp3) is 0.150. The van der Waals surface area contributed by atoms with Gasteiger partial charge in [0.25, 0.3) is 5.56 Å². The highest BCUT2D eigenvalue weighted by molar-refractivity contribution is 9.10. The molecule has 0 saturated carbocycles. The number of H-pyrrole nitrogens is 1. The lowest BCUT2D eigenvalue weighted by atomic mass is 10.1. The molecule has 5 nitrogen and oxygen atoms in total. The molecule has 0 fully saturated rings. The van der Waals surface area contributed by atoms with Gasteiger partial charge in [-0.2, -0.15) is 5.10 Å². The smallest absolute Gasteiger partial charge is 0.266 e. The maximum atomic E-state index is 12.2. The summed E-state index contributed by atoms with van der Waals surface area (Å²) in [5.74, 6) is 0.730. The van der Waals surface area contributed by atoms with Crippen LogP contribution >= 0.6 is 27.7 Å². The maximum Gasteiger partial charge on any atom is 0.290 e. The Labute approximate surface area is 169 Å². The van der Waals surface area contributed by atoms with Gasteiger partial charge in [0.2, 0.25) is 5.16 Å². The minimum absolute atomic E-state index is 0.245. The number of nitrogens with one attached hydrogen (secondary N) is 1. The number of aryl methyl sites for hydroxylation is 1. The van der Waals surface area contributed by atoms with E-state index in [1.54, 1.807) is 4.52 Å². The van der Waals surface area contributed by atoms with Crippen LogP contribution in [0, 0.1) is 0 Å². The average molecular weight is 441 g/mol. The standard InChI is InChI=1S/C20H17BrN4OS/c1-2-13-6-8-15(9-7-13)17-11-18-19(26)22-23-20(25(18)24-17)27-12-14-4-3-5-16(21)10-14/h3-11H,2,12H2,1H3,(H,22,26). The molecule has 7 heteroatoms. The molecule has 4 rings (SSSR count). The first kappa shape index (κ1) is 18.0. The van der Waals surface area contributed by atoms with Crippen LogP contribution in [0.3, 0.4) is 0 Å². The van der Waals surface area contributed by atoms with Gasteiger partial charge in [-0.3, -0.25) is 4.79 Å². The van der Waals surface area contributed by atoms with E-state index in [0.717, 1.165) is 33.5 Å². The molecule has 0 aliphatic heterocycles. The van der Waals surface area contributed by atoms with Gasteiger partial charge in [-0.25, -0.2) is 9.61 Å². The van der Waals surface area contributed by atoms with Gasteiger partial charge in [-0.05, 0) is 35.7 Å². The zero-order chi connectivity index (χ0) is 18.8. The molecule has 2 aromatic heterocycles. The molecule has 27 heavy (non-hydrogen) atoms. The second kappa shape index (κ2) is 7.70. The van der Waals surface area contributed by atoms with Gasteiger partial charge in [0, 0.05) is 15.8 Å². The quantitative estimate of drug-likeness (QED) is 0.456. The third-order valence-electron chi connectivity index (χ3n) is 4.29. The summed E-state index contributed by atoms with van der Waals surface area (Å²) in [6.07, 6.45) is 0.991. The van der Waals surface area contributed by atoms with Gasteiger partial charge in [0.05, 0.1) is 5.69 Å². The minimum Gasteiger partial charge on any atom is -0.266 e. The Morgan fingerprint density at radius 2 is 1.93 bits per heavy atom. The van der Waals surface area contributed by atoms with Gasteiger partial charge in [0.1, 0.15) is 5.52 Å². The first-order chi connectivity index (χ1) is 13.1. The van der Waals surface area contributed by atoms with Gasteiger partial charge in [0.15, 0.2) is 0 Å². The summed E-state index contributed by atoms with van der Waals surface area (Å²) in [4.78, 5) is 12.2. The summed E-state index contributed by atoms with van der Waals surface area (Å²) >= 11 is 5.02. The van der Waals surface area contributed by atoms with Crippen molar-refractivity contribution in [2.24, 2.45) is 0 Å². The summed E-state index contributed by atoms with van der Waals surface area (Å²) in [6.45, 7) is 2.12. The predicted octanol–water partition coefficient (Wildman–Crippen LogP) is 4.70. The van der Waals surface area contributed by atoms with E-state index >= 15 is 0 Å². The summed E-state index contributed by atoms with van der Waals surface area (Å²) in [6, 6.07) is 18.2. The first-order valence-electron chi connectivity index (χ1n) is 8.59. The van der Waals surface area contributed by atoms with Crippen LogP contribution in [0.2, 0.25) is 0 Å². The third kappa shape index (κ3) is 3.84. The van der Waals surface area contributed by atoms with Gasteiger partial charge in [-0.1, -0.05) is 71.0 Å². The number of rotatable bonds is 5. The SMILES string of the molecule is CCc1ccc(-c2cc3c(=O)[nH]nc(SCc4cccc(Br)c4)n3n2)cc1. The Morgan fingerprint density at radius 1 is 1.11 bits per heavy atom. The van der Waals surface area contributed by atoms with Crippen molar-refractivity contribution in [1.29, 1.82) is 0 Å². The molecule has 0 aliphatic rings. The summed E-state index contributed by atoms with van der Waals surface area (Å²) in [7, 11) is 0. The number of benzene rings is 2. The molecular formula is C20H17BrN4OS. The molecule has 0 unspecified atom stereocenters. The molecule has 1 N–H and O–H groups in total. The molecule has 2 heterocycles. The maximum absolute atomic E-state index is 12.2. The first-order valence-corrected chi connectivity index (χ1v) is 10.4. The number of thioether (sulfide) groups is 1. The molecule has 136 valence electrons. The summed E-state index contributed by atoms with van der Waals surface area (Å²) < 4.78 is 2.67. The van der Waals surface area contributed by atoms with Crippen molar-refractivity contribution in [2.45, 2.75) is 24.3 Å². The molecular weight excluding hydrogens is 424 g/mol. The number of aromatic amines is 1. The third-order valence-corrected chi connectivity index (χ3v) is 5.78. The molecule has 0 bridgehead atoms. The molecule has 0 spiro atoms. The number of aromatic nitrogens is 4.